The van der Waals surface area contributed by atoms with Gasteiger partial charge in [-0.3, -0.25) is 4.79 Å². The van der Waals surface area contributed by atoms with Gasteiger partial charge in [0.2, 0.25) is 5.91 Å². The predicted octanol–water partition coefficient (Wildman–Crippen LogP) is 0.705. The topological polar surface area (TPSA) is 75.3 Å². The van der Waals surface area contributed by atoms with Crippen molar-refractivity contribution in [3.05, 3.63) is 29.3 Å². The number of nitrogens with one attached hydrogen (secondary N) is 2. The van der Waals surface area contributed by atoms with Crippen molar-refractivity contribution in [2.45, 2.75) is 19.4 Å². The summed E-state index contributed by atoms with van der Waals surface area (Å²) in [5, 5.41) is 6.20. The number of sulfone groups is 1. The van der Waals surface area contributed by atoms with Crippen LogP contribution in [0.3, 0.4) is 0 Å². The quantitative estimate of drug-likeness (QED) is 0.842. The molecule has 0 spiro atoms. The molecule has 5 nitrogen and oxygen atoms in total. The summed E-state index contributed by atoms with van der Waals surface area (Å²) in [6.07, 6.45) is 1.39. The monoisotopic (exact) mass is 294 g/mol. The third-order valence-electron chi connectivity index (χ3n) is 4.01. The largest absolute Gasteiger partial charge is 0.326 e. The molecule has 1 aromatic carbocycles. The van der Waals surface area contributed by atoms with Crippen molar-refractivity contribution >= 4 is 21.4 Å². The molecule has 0 radical (unpaired) electrons. The molecule has 3 rings (SSSR count). The molecule has 1 amide bonds. The van der Waals surface area contributed by atoms with Crippen molar-refractivity contribution in [1.82, 2.24) is 5.32 Å². The average Bonchev–Trinajstić information content (AvgIpc) is 2.80. The fourth-order valence-electron chi connectivity index (χ4n) is 2.87. The van der Waals surface area contributed by atoms with E-state index >= 15 is 0 Å². The van der Waals surface area contributed by atoms with Crippen molar-refractivity contribution in [1.29, 1.82) is 0 Å². The number of rotatable bonds is 2. The number of hydrogen-bond acceptors (Lipinski definition) is 4. The molecule has 1 saturated heterocycles. The van der Waals surface area contributed by atoms with E-state index in [2.05, 4.69) is 16.7 Å². The van der Waals surface area contributed by atoms with Crippen LogP contribution in [-0.2, 0) is 27.6 Å². The Kier molecular flexibility index (Phi) is 3.52. The SMILES string of the molecule is O=C(Nc1cccc2c1CNCC2)C1CCS(=O)(=O)C1. The van der Waals surface area contributed by atoms with Crippen LogP contribution < -0.4 is 10.6 Å². The van der Waals surface area contributed by atoms with E-state index in [0.717, 1.165) is 30.8 Å². The first-order chi connectivity index (χ1) is 9.55. The van der Waals surface area contributed by atoms with Gasteiger partial charge in [-0.2, -0.15) is 0 Å². The third-order valence-corrected chi connectivity index (χ3v) is 5.77. The standard InChI is InChI=1S/C14H18N2O3S/c17-14(11-5-7-20(18,19)9-11)16-13-3-1-2-10-4-6-15-8-12(10)13/h1-3,11,15H,4-9H2,(H,16,17). The molecule has 0 aliphatic carbocycles. The van der Waals surface area contributed by atoms with Crippen molar-refractivity contribution in [3.8, 4) is 0 Å². The number of benzene rings is 1. The summed E-state index contributed by atoms with van der Waals surface area (Å²) in [5.74, 6) is -0.483. The van der Waals surface area contributed by atoms with Crippen LogP contribution in [0.5, 0.6) is 0 Å². The molecular weight excluding hydrogens is 276 g/mol. The van der Waals surface area contributed by atoms with Gasteiger partial charge in [0, 0.05) is 12.2 Å². The van der Waals surface area contributed by atoms with Crippen LogP contribution in [0.15, 0.2) is 18.2 Å². The van der Waals surface area contributed by atoms with Crippen molar-refractivity contribution in [3.63, 3.8) is 0 Å². The van der Waals surface area contributed by atoms with Crippen LogP contribution in [0.25, 0.3) is 0 Å². The molecule has 1 fully saturated rings. The first-order valence-corrected chi connectivity index (χ1v) is 8.70. The van der Waals surface area contributed by atoms with Crippen LogP contribution >= 0.6 is 0 Å². The van der Waals surface area contributed by atoms with E-state index in [9.17, 15) is 13.2 Å². The second-order valence-corrected chi connectivity index (χ2v) is 7.69. The zero-order valence-corrected chi connectivity index (χ0v) is 12.0. The minimum Gasteiger partial charge on any atom is -0.326 e. The maximum Gasteiger partial charge on any atom is 0.228 e. The van der Waals surface area contributed by atoms with Gasteiger partial charge in [0.05, 0.1) is 17.4 Å². The van der Waals surface area contributed by atoms with E-state index in [4.69, 9.17) is 0 Å². The number of hydrogen-bond donors (Lipinski definition) is 2. The van der Waals surface area contributed by atoms with E-state index in [0.29, 0.717) is 6.42 Å². The van der Waals surface area contributed by atoms with Gasteiger partial charge >= 0.3 is 0 Å². The third kappa shape index (κ3) is 2.71. The molecule has 2 aliphatic rings. The number of carbonyl (C=O) groups is 1. The summed E-state index contributed by atoms with van der Waals surface area (Å²) in [7, 11) is -3.02. The Balaban J connectivity index is 1.77. The van der Waals surface area contributed by atoms with Gasteiger partial charge < -0.3 is 10.6 Å². The molecular formula is C14H18N2O3S. The van der Waals surface area contributed by atoms with Crippen molar-refractivity contribution < 1.29 is 13.2 Å². The molecule has 0 saturated carbocycles. The van der Waals surface area contributed by atoms with E-state index in [1.165, 1.54) is 5.56 Å². The van der Waals surface area contributed by atoms with E-state index in [1.54, 1.807) is 0 Å². The summed E-state index contributed by atoms with van der Waals surface area (Å²) >= 11 is 0. The van der Waals surface area contributed by atoms with E-state index in [-0.39, 0.29) is 17.4 Å². The van der Waals surface area contributed by atoms with Gasteiger partial charge in [0.15, 0.2) is 9.84 Å². The molecule has 6 heteroatoms. The molecule has 1 atom stereocenters. The Morgan fingerprint density at radius 3 is 2.95 bits per heavy atom. The summed E-state index contributed by atoms with van der Waals surface area (Å²) < 4.78 is 22.9. The van der Waals surface area contributed by atoms with E-state index < -0.39 is 15.8 Å². The lowest BCUT2D eigenvalue weighted by molar-refractivity contribution is -0.119. The number of carbonyl (C=O) groups excluding carboxylic acids is 1. The average molecular weight is 294 g/mol. The smallest absolute Gasteiger partial charge is 0.228 e. The molecule has 0 aromatic heterocycles. The molecule has 2 aliphatic heterocycles. The Morgan fingerprint density at radius 2 is 2.20 bits per heavy atom. The highest BCUT2D eigenvalue weighted by Crippen LogP contribution is 2.25. The summed E-state index contributed by atoms with van der Waals surface area (Å²) in [6, 6.07) is 5.89. The first kappa shape index (κ1) is 13.6. The van der Waals surface area contributed by atoms with Gasteiger partial charge in [0.1, 0.15) is 0 Å². The van der Waals surface area contributed by atoms with E-state index in [1.807, 2.05) is 12.1 Å². The lowest BCUT2D eigenvalue weighted by atomic mass is 9.99. The lowest BCUT2D eigenvalue weighted by Crippen LogP contribution is -2.28. The minimum absolute atomic E-state index is 0.0217. The number of fused-ring (bicyclic) bond motifs is 1. The number of amides is 1. The van der Waals surface area contributed by atoms with Gasteiger partial charge in [-0.25, -0.2) is 8.42 Å². The van der Waals surface area contributed by atoms with Gasteiger partial charge in [-0.1, -0.05) is 12.1 Å². The molecule has 0 bridgehead atoms. The Bertz CT molecular complexity index is 640. The zero-order chi connectivity index (χ0) is 14.2. The van der Waals surface area contributed by atoms with Crippen LogP contribution in [0, 0.1) is 5.92 Å². The second kappa shape index (κ2) is 5.18. The molecule has 108 valence electrons. The van der Waals surface area contributed by atoms with Crippen molar-refractivity contribution in [2.75, 3.05) is 23.4 Å². The van der Waals surface area contributed by atoms with Crippen LogP contribution in [0.1, 0.15) is 17.5 Å². The Morgan fingerprint density at radius 1 is 1.35 bits per heavy atom. The molecule has 2 heterocycles. The fourth-order valence-corrected chi connectivity index (χ4v) is 4.61. The summed E-state index contributed by atoms with van der Waals surface area (Å²) in [4.78, 5) is 12.2. The highest BCUT2D eigenvalue weighted by atomic mass is 32.2. The second-order valence-electron chi connectivity index (χ2n) is 5.46. The summed E-state index contributed by atoms with van der Waals surface area (Å²) in [6.45, 7) is 1.69. The molecule has 1 unspecified atom stereocenters. The molecule has 2 N–H and O–H groups in total. The lowest BCUT2D eigenvalue weighted by Gasteiger charge is -2.21. The number of anilines is 1. The Labute approximate surface area is 118 Å². The highest BCUT2D eigenvalue weighted by Gasteiger charge is 2.33. The summed E-state index contributed by atoms with van der Waals surface area (Å²) in [5.41, 5.74) is 3.18. The highest BCUT2D eigenvalue weighted by molar-refractivity contribution is 7.91. The fraction of sp³-hybridized carbons (Fsp3) is 0.500. The predicted molar refractivity (Wildman–Crippen MR) is 77.2 cm³/mol. The first-order valence-electron chi connectivity index (χ1n) is 6.88. The van der Waals surface area contributed by atoms with Crippen LogP contribution in [-0.4, -0.2) is 32.4 Å². The van der Waals surface area contributed by atoms with Crippen molar-refractivity contribution in [2.24, 2.45) is 5.92 Å². The maximum atomic E-state index is 12.2. The van der Waals surface area contributed by atoms with Gasteiger partial charge in [-0.05, 0) is 36.6 Å². The van der Waals surface area contributed by atoms with Crippen LogP contribution in [0.4, 0.5) is 5.69 Å². The van der Waals surface area contributed by atoms with Gasteiger partial charge in [0.25, 0.3) is 0 Å². The van der Waals surface area contributed by atoms with Crippen LogP contribution in [0.2, 0.25) is 0 Å². The molecule has 1 aromatic rings. The molecule has 20 heavy (non-hydrogen) atoms. The zero-order valence-electron chi connectivity index (χ0n) is 11.2. The van der Waals surface area contributed by atoms with Gasteiger partial charge in [-0.15, -0.1) is 0 Å². The minimum atomic E-state index is -3.02. The normalized spacial score (nSPS) is 24.1. The maximum absolute atomic E-state index is 12.2. The Hall–Kier alpha value is -1.40.